The Morgan fingerprint density at radius 2 is 2.00 bits per heavy atom. The minimum absolute atomic E-state index is 0.0837. The molecule has 0 atom stereocenters. The number of aryl methyl sites for hydroxylation is 1. The van der Waals surface area contributed by atoms with Crippen molar-refractivity contribution in [2.24, 2.45) is 5.41 Å². The van der Waals surface area contributed by atoms with Crippen LogP contribution < -0.4 is 5.32 Å². The maximum Gasteiger partial charge on any atom is 0.280 e. The number of rotatable bonds is 5. The zero-order valence-corrected chi connectivity index (χ0v) is 14.4. The summed E-state index contributed by atoms with van der Waals surface area (Å²) in [6.45, 7) is 8.68. The van der Waals surface area contributed by atoms with E-state index in [0.717, 1.165) is 4.52 Å². The van der Waals surface area contributed by atoms with E-state index in [1.165, 1.54) is 12.3 Å². The number of aliphatic hydroxyl groups is 1. The van der Waals surface area contributed by atoms with Gasteiger partial charge in [0.25, 0.3) is 12.3 Å². The number of carbonyl (C=O) groups excluding carboxylic acids is 1. The summed E-state index contributed by atoms with van der Waals surface area (Å²) in [5, 5.41) is 16.2. The Balaban J connectivity index is 2.45. The molecule has 2 rings (SSSR count). The summed E-state index contributed by atoms with van der Waals surface area (Å²) < 4.78 is 27.3. The summed E-state index contributed by atoms with van der Waals surface area (Å²) in [6, 6.07) is 1.24. The summed E-state index contributed by atoms with van der Waals surface area (Å²) in [5.74, 6) is -0.477. The number of nitrogens with one attached hydrogen (secondary N) is 1. The molecule has 0 aliphatic carbocycles. The van der Waals surface area contributed by atoms with Crippen molar-refractivity contribution in [1.82, 2.24) is 19.9 Å². The molecule has 1 amide bonds. The van der Waals surface area contributed by atoms with Gasteiger partial charge < -0.3 is 10.4 Å². The minimum Gasteiger partial charge on any atom is -0.396 e. The Kier molecular flexibility index (Phi) is 4.63. The van der Waals surface area contributed by atoms with Gasteiger partial charge in [-0.05, 0) is 26.8 Å². The molecule has 0 saturated heterocycles. The zero-order chi connectivity index (χ0) is 18.3. The smallest absolute Gasteiger partial charge is 0.280 e. The molecular weight excluding hydrogens is 318 g/mol. The fraction of sp³-hybridized carbons (Fsp3) is 0.562. The second-order valence-electron chi connectivity index (χ2n) is 7.04. The van der Waals surface area contributed by atoms with Gasteiger partial charge in [0.1, 0.15) is 11.3 Å². The summed E-state index contributed by atoms with van der Waals surface area (Å²) in [7, 11) is 0. The number of amides is 1. The van der Waals surface area contributed by atoms with Crippen LogP contribution in [0.5, 0.6) is 0 Å². The Labute approximate surface area is 138 Å². The van der Waals surface area contributed by atoms with Crippen LogP contribution in [0.3, 0.4) is 0 Å². The van der Waals surface area contributed by atoms with E-state index in [1.807, 2.05) is 13.8 Å². The van der Waals surface area contributed by atoms with Crippen molar-refractivity contribution in [2.45, 2.75) is 46.6 Å². The number of aliphatic hydroxyl groups excluding tert-OH is 1. The third-order valence-electron chi connectivity index (χ3n) is 4.61. The zero-order valence-electron chi connectivity index (χ0n) is 14.4. The SMILES string of the molecule is Cc1cc(C(F)F)n2ncc(C(=O)NC(C)(C)C(C)(C)CO)c2n1. The van der Waals surface area contributed by atoms with Gasteiger partial charge in [0.05, 0.1) is 12.8 Å². The molecule has 2 N–H and O–H groups in total. The van der Waals surface area contributed by atoms with Gasteiger partial charge >= 0.3 is 0 Å². The van der Waals surface area contributed by atoms with Crippen LogP contribution in [0.2, 0.25) is 0 Å². The third-order valence-corrected chi connectivity index (χ3v) is 4.61. The van der Waals surface area contributed by atoms with E-state index >= 15 is 0 Å². The molecule has 0 aliphatic heterocycles. The Bertz CT molecular complexity index is 769. The first-order chi connectivity index (χ1) is 11.0. The summed E-state index contributed by atoms with van der Waals surface area (Å²) >= 11 is 0. The Morgan fingerprint density at radius 1 is 1.38 bits per heavy atom. The molecule has 24 heavy (non-hydrogen) atoms. The lowest BCUT2D eigenvalue weighted by Gasteiger charge is -2.40. The number of alkyl halides is 2. The molecule has 0 saturated carbocycles. The first kappa shape index (κ1) is 18.3. The second-order valence-corrected chi connectivity index (χ2v) is 7.04. The van der Waals surface area contributed by atoms with E-state index in [2.05, 4.69) is 15.4 Å². The van der Waals surface area contributed by atoms with Gasteiger partial charge in [-0.3, -0.25) is 4.79 Å². The molecule has 0 spiro atoms. The van der Waals surface area contributed by atoms with E-state index in [1.54, 1.807) is 20.8 Å². The molecule has 132 valence electrons. The Hall–Kier alpha value is -2.09. The Morgan fingerprint density at radius 3 is 2.54 bits per heavy atom. The molecule has 2 aromatic heterocycles. The lowest BCUT2D eigenvalue weighted by Crippen LogP contribution is -2.55. The minimum atomic E-state index is -2.73. The lowest BCUT2D eigenvalue weighted by atomic mass is 9.75. The normalized spacial score (nSPS) is 12.9. The monoisotopic (exact) mass is 340 g/mol. The molecule has 8 heteroatoms. The molecule has 0 bridgehead atoms. The van der Waals surface area contributed by atoms with E-state index in [9.17, 15) is 18.7 Å². The quantitative estimate of drug-likeness (QED) is 0.876. The van der Waals surface area contributed by atoms with Gasteiger partial charge in [-0.25, -0.2) is 18.3 Å². The number of hydrogen-bond donors (Lipinski definition) is 2. The van der Waals surface area contributed by atoms with Crippen LogP contribution in [0.15, 0.2) is 12.3 Å². The van der Waals surface area contributed by atoms with E-state index in [4.69, 9.17) is 0 Å². The molecule has 0 unspecified atom stereocenters. The van der Waals surface area contributed by atoms with Crippen LogP contribution in [0, 0.1) is 12.3 Å². The molecule has 0 radical (unpaired) electrons. The van der Waals surface area contributed by atoms with Gasteiger partial charge in [0, 0.05) is 16.6 Å². The van der Waals surface area contributed by atoms with Gasteiger partial charge in [0.2, 0.25) is 0 Å². The number of fused-ring (bicyclic) bond motifs is 1. The van der Waals surface area contributed by atoms with Crippen molar-refractivity contribution >= 4 is 11.6 Å². The molecule has 6 nitrogen and oxygen atoms in total. The third kappa shape index (κ3) is 3.10. The average Bonchev–Trinajstić information content (AvgIpc) is 2.89. The standard InChI is InChI=1S/C16H22F2N4O2/c1-9-6-11(12(17)18)22-13(20-9)10(7-19-22)14(24)21-16(4,5)15(2,3)8-23/h6-7,12,23H,8H2,1-5H3,(H,21,24). The van der Waals surface area contributed by atoms with Crippen molar-refractivity contribution in [3.05, 3.63) is 29.2 Å². The molecule has 0 fully saturated rings. The highest BCUT2D eigenvalue weighted by Crippen LogP contribution is 2.30. The first-order valence-corrected chi connectivity index (χ1v) is 7.57. The fourth-order valence-corrected chi connectivity index (χ4v) is 2.15. The van der Waals surface area contributed by atoms with Crippen LogP contribution in [0.4, 0.5) is 8.78 Å². The van der Waals surface area contributed by atoms with Gasteiger partial charge in [-0.15, -0.1) is 0 Å². The van der Waals surface area contributed by atoms with Gasteiger partial charge in [0.15, 0.2) is 5.65 Å². The highest BCUT2D eigenvalue weighted by Gasteiger charge is 2.38. The molecule has 2 heterocycles. The maximum atomic E-state index is 13.1. The summed E-state index contributed by atoms with van der Waals surface area (Å²) in [4.78, 5) is 16.8. The van der Waals surface area contributed by atoms with Gasteiger partial charge in [-0.1, -0.05) is 13.8 Å². The van der Waals surface area contributed by atoms with Crippen molar-refractivity contribution in [2.75, 3.05) is 6.61 Å². The van der Waals surface area contributed by atoms with Crippen LogP contribution >= 0.6 is 0 Å². The van der Waals surface area contributed by atoms with Crippen LogP contribution in [0.1, 0.15) is 55.9 Å². The summed E-state index contributed by atoms with van der Waals surface area (Å²) in [5.41, 5.74) is -1.05. The maximum absolute atomic E-state index is 13.1. The predicted molar refractivity (Wildman–Crippen MR) is 85.1 cm³/mol. The van der Waals surface area contributed by atoms with Crippen molar-refractivity contribution in [3.63, 3.8) is 0 Å². The molecule has 0 aliphatic rings. The van der Waals surface area contributed by atoms with Crippen molar-refractivity contribution < 1.29 is 18.7 Å². The summed E-state index contributed by atoms with van der Waals surface area (Å²) in [6.07, 6.45) is -1.50. The van der Waals surface area contributed by atoms with Gasteiger partial charge in [-0.2, -0.15) is 5.10 Å². The van der Waals surface area contributed by atoms with Crippen LogP contribution in [-0.2, 0) is 0 Å². The first-order valence-electron chi connectivity index (χ1n) is 7.57. The molecular formula is C16H22F2N4O2. The number of halogens is 2. The topological polar surface area (TPSA) is 79.5 Å². The van der Waals surface area contributed by atoms with Crippen LogP contribution in [0.25, 0.3) is 5.65 Å². The van der Waals surface area contributed by atoms with E-state index < -0.39 is 23.3 Å². The molecule has 2 aromatic rings. The van der Waals surface area contributed by atoms with Crippen molar-refractivity contribution in [3.8, 4) is 0 Å². The number of hydrogen-bond acceptors (Lipinski definition) is 4. The molecule has 0 aromatic carbocycles. The number of nitrogens with zero attached hydrogens (tertiary/aromatic N) is 3. The lowest BCUT2D eigenvalue weighted by molar-refractivity contribution is 0.0573. The fourth-order valence-electron chi connectivity index (χ4n) is 2.15. The number of aromatic nitrogens is 3. The van der Waals surface area contributed by atoms with Crippen molar-refractivity contribution in [1.29, 1.82) is 0 Å². The number of carbonyl (C=O) groups is 1. The van der Waals surface area contributed by atoms with E-state index in [0.29, 0.717) is 5.69 Å². The highest BCUT2D eigenvalue weighted by atomic mass is 19.3. The predicted octanol–water partition coefficient (Wildman–Crippen LogP) is 2.50. The van der Waals surface area contributed by atoms with E-state index in [-0.39, 0.29) is 23.5 Å². The highest BCUT2D eigenvalue weighted by molar-refractivity contribution is 6.00. The average molecular weight is 340 g/mol. The largest absolute Gasteiger partial charge is 0.396 e. The van der Waals surface area contributed by atoms with Crippen LogP contribution in [-0.4, -0.2) is 37.8 Å². The second kappa shape index (κ2) is 6.08.